The van der Waals surface area contributed by atoms with Crippen LogP contribution in [0.1, 0.15) is 28.0 Å². The van der Waals surface area contributed by atoms with Gasteiger partial charge in [0.15, 0.2) is 0 Å². The molecule has 140 valence electrons. The Kier molecular flexibility index (Phi) is 4.76. The quantitative estimate of drug-likeness (QED) is 0.492. The molecule has 0 saturated carbocycles. The molecule has 0 radical (unpaired) electrons. The van der Waals surface area contributed by atoms with Crippen molar-refractivity contribution in [1.82, 2.24) is 14.5 Å². The number of carbonyl (C=O) groups excluding carboxylic acids is 1. The Labute approximate surface area is 162 Å². The van der Waals surface area contributed by atoms with Crippen LogP contribution in [0.25, 0.3) is 11.0 Å². The number of pyridine rings is 1. The summed E-state index contributed by atoms with van der Waals surface area (Å²) < 4.78 is 13.3. The second-order valence-corrected chi connectivity index (χ2v) is 6.26. The smallest absolute Gasteiger partial charge is 0.341 e. The molecule has 0 N–H and O–H groups in total. The number of methoxy groups -OCH3 is 1. The Hall–Kier alpha value is -3.67. The molecule has 0 aliphatic carbocycles. The van der Waals surface area contributed by atoms with Crippen molar-refractivity contribution >= 4 is 17.0 Å². The van der Waals surface area contributed by atoms with Crippen LogP contribution in [-0.2, 0) is 4.74 Å². The molecule has 1 unspecified atom stereocenters. The summed E-state index contributed by atoms with van der Waals surface area (Å²) in [7, 11) is 1.36. The van der Waals surface area contributed by atoms with Crippen molar-refractivity contribution in [2.75, 3.05) is 7.11 Å². The van der Waals surface area contributed by atoms with Gasteiger partial charge >= 0.3 is 5.97 Å². The summed E-state index contributed by atoms with van der Waals surface area (Å²) in [5, 5.41) is 0. The summed E-state index contributed by atoms with van der Waals surface area (Å²) in [4.78, 5) is 20.9. The molecule has 4 aromatic rings. The molecular weight excluding hydrogens is 354 g/mol. The number of carbonyl (C=O) groups is 1. The molecule has 0 spiro atoms. The zero-order valence-corrected chi connectivity index (χ0v) is 15.6. The Morgan fingerprint density at radius 1 is 1.04 bits per heavy atom. The third-order valence-corrected chi connectivity index (χ3v) is 4.52. The van der Waals surface area contributed by atoms with Gasteiger partial charge in [-0.15, -0.1) is 0 Å². The largest absolute Gasteiger partial charge is 0.465 e. The number of aryl methyl sites for hydroxylation is 1. The van der Waals surface area contributed by atoms with Gasteiger partial charge in [-0.3, -0.25) is 9.55 Å². The lowest BCUT2D eigenvalue weighted by atomic mass is 10.1. The number of imidazole rings is 1. The monoisotopic (exact) mass is 373 g/mol. The average molecular weight is 373 g/mol. The van der Waals surface area contributed by atoms with E-state index in [1.54, 1.807) is 30.6 Å². The lowest BCUT2D eigenvalue weighted by Gasteiger charge is -2.24. The van der Waals surface area contributed by atoms with Crippen LogP contribution in [0.15, 0.2) is 73.1 Å². The van der Waals surface area contributed by atoms with Gasteiger partial charge in [-0.1, -0.05) is 42.5 Å². The number of para-hydroxylation sites is 1. The maximum atomic E-state index is 12.2. The van der Waals surface area contributed by atoms with Gasteiger partial charge in [-0.05, 0) is 25.1 Å². The van der Waals surface area contributed by atoms with Crippen LogP contribution >= 0.6 is 0 Å². The second kappa shape index (κ2) is 7.52. The molecule has 6 nitrogen and oxygen atoms in total. The highest BCUT2D eigenvalue weighted by atomic mass is 16.5. The van der Waals surface area contributed by atoms with Gasteiger partial charge in [-0.25, -0.2) is 9.78 Å². The van der Waals surface area contributed by atoms with Crippen LogP contribution in [0, 0.1) is 6.92 Å². The van der Waals surface area contributed by atoms with Crippen LogP contribution in [0.2, 0.25) is 0 Å². The maximum Gasteiger partial charge on any atom is 0.341 e. The first-order valence-electron chi connectivity index (χ1n) is 8.86. The highest BCUT2D eigenvalue weighted by Gasteiger charge is 2.23. The van der Waals surface area contributed by atoms with Crippen molar-refractivity contribution in [1.29, 1.82) is 0 Å². The highest BCUT2D eigenvalue weighted by Crippen LogP contribution is 2.30. The minimum absolute atomic E-state index is 0.370. The van der Waals surface area contributed by atoms with Crippen molar-refractivity contribution in [2.45, 2.75) is 13.2 Å². The summed E-state index contributed by atoms with van der Waals surface area (Å²) in [6.45, 7) is 1.92. The van der Waals surface area contributed by atoms with E-state index < -0.39 is 12.2 Å². The van der Waals surface area contributed by atoms with Crippen LogP contribution < -0.4 is 4.74 Å². The van der Waals surface area contributed by atoms with E-state index in [9.17, 15) is 4.79 Å². The topological polar surface area (TPSA) is 66.2 Å². The zero-order valence-electron chi connectivity index (χ0n) is 15.6. The van der Waals surface area contributed by atoms with Gasteiger partial charge in [0, 0.05) is 11.8 Å². The molecule has 0 bridgehead atoms. The number of benzene rings is 2. The number of esters is 1. The van der Waals surface area contributed by atoms with Crippen LogP contribution in [-0.4, -0.2) is 27.6 Å². The number of nitrogens with zero attached hydrogens (tertiary/aromatic N) is 3. The van der Waals surface area contributed by atoms with Gasteiger partial charge in [0.05, 0.1) is 18.8 Å². The van der Waals surface area contributed by atoms with Crippen LogP contribution in [0.5, 0.6) is 5.75 Å². The molecule has 2 heterocycles. The normalized spacial score (nSPS) is 11.9. The number of fused-ring (bicyclic) bond motifs is 1. The van der Waals surface area contributed by atoms with Crippen LogP contribution in [0.4, 0.5) is 0 Å². The van der Waals surface area contributed by atoms with Crippen molar-refractivity contribution in [3.8, 4) is 5.75 Å². The third-order valence-electron chi connectivity index (χ3n) is 4.52. The standard InChI is InChI=1S/C22H19N3O3/c1-15-24-18-14-23-13-12-19(18)25(15)21(16-8-4-3-5-9-16)28-20-11-7-6-10-17(20)22(26)27-2/h3-14,21H,1-2H3. The molecule has 0 aliphatic rings. The summed E-state index contributed by atoms with van der Waals surface area (Å²) in [5.41, 5.74) is 2.98. The highest BCUT2D eigenvalue weighted by molar-refractivity contribution is 5.92. The second-order valence-electron chi connectivity index (χ2n) is 6.26. The molecule has 2 aromatic heterocycles. The molecule has 1 atom stereocenters. The van der Waals surface area contributed by atoms with E-state index in [-0.39, 0.29) is 0 Å². The lowest BCUT2D eigenvalue weighted by Crippen LogP contribution is -2.20. The average Bonchev–Trinajstić information content (AvgIpc) is 3.08. The van der Waals surface area contributed by atoms with E-state index in [2.05, 4.69) is 9.97 Å². The summed E-state index contributed by atoms with van der Waals surface area (Å²) in [6.07, 6.45) is 2.94. The van der Waals surface area contributed by atoms with Gasteiger partial charge in [0.2, 0.25) is 6.23 Å². The fourth-order valence-electron chi connectivity index (χ4n) is 3.22. The Bertz CT molecular complexity index is 1120. The Morgan fingerprint density at radius 3 is 2.57 bits per heavy atom. The molecule has 28 heavy (non-hydrogen) atoms. The first kappa shape index (κ1) is 17.7. The van der Waals surface area contributed by atoms with E-state index >= 15 is 0 Å². The molecular formula is C22H19N3O3. The molecule has 4 rings (SSSR count). The van der Waals surface area contributed by atoms with Crippen molar-refractivity contribution in [3.05, 3.63) is 90.0 Å². The van der Waals surface area contributed by atoms with Crippen molar-refractivity contribution in [3.63, 3.8) is 0 Å². The Balaban J connectivity index is 1.87. The number of hydrogen-bond acceptors (Lipinski definition) is 5. The molecule has 0 fully saturated rings. The predicted octanol–water partition coefficient (Wildman–Crippen LogP) is 4.15. The zero-order chi connectivity index (χ0) is 19.5. The van der Waals surface area contributed by atoms with Gasteiger partial charge in [0.1, 0.15) is 22.7 Å². The van der Waals surface area contributed by atoms with Gasteiger partial charge in [0.25, 0.3) is 0 Å². The van der Waals surface area contributed by atoms with E-state index in [1.807, 2.05) is 54.0 Å². The number of aromatic nitrogens is 3. The van der Waals surface area contributed by atoms with Gasteiger partial charge < -0.3 is 9.47 Å². The van der Waals surface area contributed by atoms with E-state index in [4.69, 9.17) is 9.47 Å². The van der Waals surface area contributed by atoms with Gasteiger partial charge in [-0.2, -0.15) is 0 Å². The first-order chi connectivity index (χ1) is 13.7. The lowest BCUT2D eigenvalue weighted by molar-refractivity contribution is 0.0591. The minimum Gasteiger partial charge on any atom is -0.465 e. The number of ether oxygens (including phenoxy) is 2. The predicted molar refractivity (Wildman–Crippen MR) is 105 cm³/mol. The third kappa shape index (κ3) is 3.20. The molecule has 0 amide bonds. The first-order valence-corrected chi connectivity index (χ1v) is 8.86. The van der Waals surface area contributed by atoms with Crippen molar-refractivity contribution in [2.24, 2.45) is 0 Å². The number of hydrogen-bond donors (Lipinski definition) is 0. The molecule has 6 heteroatoms. The molecule has 0 aliphatic heterocycles. The molecule has 2 aromatic carbocycles. The summed E-state index contributed by atoms with van der Waals surface area (Å²) >= 11 is 0. The SMILES string of the molecule is COC(=O)c1ccccc1OC(c1ccccc1)n1c(C)nc2cnccc21. The van der Waals surface area contributed by atoms with Crippen LogP contribution in [0.3, 0.4) is 0 Å². The van der Waals surface area contributed by atoms with E-state index in [1.165, 1.54) is 7.11 Å². The fourth-order valence-corrected chi connectivity index (χ4v) is 3.22. The van der Waals surface area contributed by atoms with Crippen molar-refractivity contribution < 1.29 is 14.3 Å². The van der Waals surface area contributed by atoms with E-state index in [0.29, 0.717) is 11.3 Å². The van der Waals surface area contributed by atoms with E-state index in [0.717, 1.165) is 22.4 Å². The minimum atomic E-state index is -0.514. The number of rotatable bonds is 5. The Morgan fingerprint density at radius 2 is 1.79 bits per heavy atom. The fraction of sp³-hybridized carbons (Fsp3) is 0.136. The molecule has 0 saturated heterocycles. The summed E-state index contributed by atoms with van der Waals surface area (Å²) in [5.74, 6) is 0.782. The summed E-state index contributed by atoms with van der Waals surface area (Å²) in [6, 6.07) is 18.8. The maximum absolute atomic E-state index is 12.2.